The van der Waals surface area contributed by atoms with E-state index in [-0.39, 0.29) is 17.8 Å². The highest BCUT2D eigenvalue weighted by Gasteiger charge is 2.44. The Balaban J connectivity index is 1.57. The summed E-state index contributed by atoms with van der Waals surface area (Å²) in [7, 11) is 1.43. The van der Waals surface area contributed by atoms with Gasteiger partial charge in [-0.25, -0.2) is 0 Å². The fraction of sp³-hybridized carbons (Fsp3) is 0.480. The van der Waals surface area contributed by atoms with Crippen molar-refractivity contribution in [1.82, 2.24) is 9.88 Å². The highest BCUT2D eigenvalue weighted by atomic mass is 16.5. The molecule has 2 saturated heterocycles. The molecule has 0 radical (unpaired) electrons. The first-order valence-corrected chi connectivity index (χ1v) is 11.1. The van der Waals surface area contributed by atoms with Gasteiger partial charge in [-0.05, 0) is 49.3 Å². The highest BCUT2D eigenvalue weighted by Crippen LogP contribution is 2.39. The molecule has 0 saturated carbocycles. The minimum absolute atomic E-state index is 0.106. The Morgan fingerprint density at radius 2 is 1.87 bits per heavy atom. The lowest BCUT2D eigenvalue weighted by Gasteiger charge is -2.42. The Labute approximate surface area is 183 Å². The number of aromatic nitrogens is 1. The number of pyridine rings is 1. The van der Waals surface area contributed by atoms with Crippen molar-refractivity contribution in [2.45, 2.75) is 32.1 Å². The second kappa shape index (κ2) is 9.60. The van der Waals surface area contributed by atoms with Crippen molar-refractivity contribution in [3.8, 4) is 11.1 Å². The average Bonchev–Trinajstić information content (AvgIpc) is 2.84. The monoisotopic (exact) mass is 422 g/mol. The number of hydrogen-bond acceptors (Lipinski definition) is 5. The van der Waals surface area contributed by atoms with Gasteiger partial charge >= 0.3 is 5.97 Å². The van der Waals surface area contributed by atoms with E-state index in [1.54, 1.807) is 6.20 Å². The predicted octanol–water partition coefficient (Wildman–Crippen LogP) is 3.50. The normalized spacial score (nSPS) is 19.1. The van der Waals surface area contributed by atoms with E-state index >= 15 is 0 Å². The lowest BCUT2D eigenvalue weighted by atomic mass is 9.72. The van der Waals surface area contributed by atoms with Crippen LogP contribution in [-0.4, -0.2) is 55.2 Å². The molecule has 0 atom stereocenters. The maximum atomic E-state index is 13.8. The minimum atomic E-state index is -0.478. The van der Waals surface area contributed by atoms with Gasteiger partial charge in [0.05, 0.1) is 18.4 Å². The standard InChI is InChI=1S/C25H30N2O4/c1-30-23(28)19-8-13-27(14-9-19)24(29)25(10-15-31-16-11-25)17-20-5-2-3-7-22(20)21-6-4-12-26-18-21/h2-7,12,18-19H,8-11,13-17H2,1H3. The van der Waals surface area contributed by atoms with E-state index in [1.807, 2.05) is 29.3 Å². The van der Waals surface area contributed by atoms with Crippen LogP contribution in [-0.2, 0) is 25.5 Å². The van der Waals surface area contributed by atoms with Gasteiger partial charge < -0.3 is 14.4 Å². The number of esters is 1. The maximum Gasteiger partial charge on any atom is 0.308 e. The summed E-state index contributed by atoms with van der Waals surface area (Å²) in [6, 6.07) is 12.3. The molecule has 164 valence electrons. The van der Waals surface area contributed by atoms with Crippen molar-refractivity contribution in [2.75, 3.05) is 33.4 Å². The molecule has 2 aliphatic heterocycles. The SMILES string of the molecule is COC(=O)C1CCN(C(=O)C2(Cc3ccccc3-c3cccnc3)CCOCC2)CC1. The molecule has 0 unspecified atom stereocenters. The first-order valence-electron chi connectivity index (χ1n) is 11.1. The van der Waals surface area contributed by atoms with Gasteiger partial charge in [0.2, 0.25) is 5.91 Å². The molecule has 4 rings (SSSR count). The van der Waals surface area contributed by atoms with Crippen LogP contribution in [0.4, 0.5) is 0 Å². The molecule has 6 nitrogen and oxygen atoms in total. The van der Waals surface area contributed by atoms with Crippen molar-refractivity contribution in [1.29, 1.82) is 0 Å². The van der Waals surface area contributed by atoms with Crippen LogP contribution in [0.2, 0.25) is 0 Å². The molecule has 0 aliphatic carbocycles. The lowest BCUT2D eigenvalue weighted by molar-refractivity contribution is -0.154. The summed E-state index contributed by atoms with van der Waals surface area (Å²) in [5.41, 5.74) is 2.87. The first kappa shape index (κ1) is 21.5. The number of benzene rings is 1. The Kier molecular flexibility index (Phi) is 6.66. The number of carbonyl (C=O) groups excluding carboxylic acids is 2. The summed E-state index contributed by atoms with van der Waals surface area (Å²) in [4.78, 5) is 31.9. The van der Waals surface area contributed by atoms with Crippen LogP contribution in [0.5, 0.6) is 0 Å². The quantitative estimate of drug-likeness (QED) is 0.690. The van der Waals surface area contributed by atoms with Crippen molar-refractivity contribution >= 4 is 11.9 Å². The van der Waals surface area contributed by atoms with Gasteiger partial charge in [-0.1, -0.05) is 30.3 Å². The number of rotatable bonds is 5. The molecule has 0 spiro atoms. The molecule has 2 aliphatic rings. The first-order chi connectivity index (χ1) is 15.1. The average molecular weight is 423 g/mol. The molecule has 1 aromatic carbocycles. The second-order valence-corrected chi connectivity index (χ2v) is 8.56. The van der Waals surface area contributed by atoms with Gasteiger partial charge in [0.25, 0.3) is 0 Å². The zero-order valence-electron chi connectivity index (χ0n) is 18.1. The minimum Gasteiger partial charge on any atom is -0.469 e. The van der Waals surface area contributed by atoms with E-state index in [0.717, 1.165) is 16.7 Å². The Hall–Kier alpha value is -2.73. The molecular formula is C25H30N2O4. The van der Waals surface area contributed by atoms with Crippen molar-refractivity contribution in [2.24, 2.45) is 11.3 Å². The maximum absolute atomic E-state index is 13.8. The summed E-state index contributed by atoms with van der Waals surface area (Å²) in [5.74, 6) is -0.0793. The van der Waals surface area contributed by atoms with Crippen LogP contribution >= 0.6 is 0 Å². The van der Waals surface area contributed by atoms with E-state index in [9.17, 15) is 9.59 Å². The van der Waals surface area contributed by atoms with E-state index in [2.05, 4.69) is 23.2 Å². The Bertz CT molecular complexity index is 901. The highest BCUT2D eigenvalue weighted by molar-refractivity contribution is 5.84. The second-order valence-electron chi connectivity index (χ2n) is 8.56. The lowest BCUT2D eigenvalue weighted by Crippen LogP contribution is -2.51. The summed E-state index contributed by atoms with van der Waals surface area (Å²) < 4.78 is 10.5. The summed E-state index contributed by atoms with van der Waals surface area (Å²) in [6.07, 6.45) is 7.07. The molecule has 6 heteroatoms. The van der Waals surface area contributed by atoms with E-state index < -0.39 is 5.41 Å². The third kappa shape index (κ3) is 4.64. The number of ether oxygens (including phenoxy) is 2. The van der Waals surface area contributed by atoms with Crippen LogP contribution < -0.4 is 0 Å². The van der Waals surface area contributed by atoms with Gasteiger partial charge in [-0.3, -0.25) is 14.6 Å². The summed E-state index contributed by atoms with van der Waals surface area (Å²) in [5, 5.41) is 0. The third-order valence-electron chi connectivity index (χ3n) is 6.74. The summed E-state index contributed by atoms with van der Waals surface area (Å²) >= 11 is 0. The Morgan fingerprint density at radius 3 is 2.55 bits per heavy atom. The zero-order valence-corrected chi connectivity index (χ0v) is 18.1. The largest absolute Gasteiger partial charge is 0.469 e. The zero-order chi connectivity index (χ0) is 21.7. The number of piperidine rings is 1. The fourth-order valence-corrected chi connectivity index (χ4v) is 4.89. The van der Waals surface area contributed by atoms with Gasteiger partial charge in [-0.15, -0.1) is 0 Å². The fourth-order valence-electron chi connectivity index (χ4n) is 4.89. The number of hydrogen-bond donors (Lipinski definition) is 0. The topological polar surface area (TPSA) is 68.7 Å². The molecule has 0 N–H and O–H groups in total. The molecule has 1 aromatic heterocycles. The van der Waals surface area contributed by atoms with E-state index in [4.69, 9.17) is 9.47 Å². The van der Waals surface area contributed by atoms with Crippen LogP contribution in [0.15, 0.2) is 48.8 Å². The van der Waals surface area contributed by atoms with Crippen LogP contribution in [0, 0.1) is 11.3 Å². The number of methoxy groups -OCH3 is 1. The number of carbonyl (C=O) groups is 2. The van der Waals surface area contributed by atoms with Gasteiger partial charge in [0, 0.05) is 44.3 Å². The van der Waals surface area contributed by atoms with Crippen molar-refractivity contribution in [3.05, 3.63) is 54.4 Å². The molecule has 2 aromatic rings. The van der Waals surface area contributed by atoms with Gasteiger partial charge in [0.1, 0.15) is 0 Å². The smallest absolute Gasteiger partial charge is 0.308 e. The Morgan fingerprint density at radius 1 is 1.13 bits per heavy atom. The number of nitrogens with zero attached hydrogens (tertiary/aromatic N) is 2. The number of likely N-dealkylation sites (tertiary alicyclic amines) is 1. The molecule has 0 bridgehead atoms. The third-order valence-corrected chi connectivity index (χ3v) is 6.74. The van der Waals surface area contributed by atoms with Gasteiger partial charge in [-0.2, -0.15) is 0 Å². The molecule has 3 heterocycles. The predicted molar refractivity (Wildman–Crippen MR) is 117 cm³/mol. The van der Waals surface area contributed by atoms with Crippen molar-refractivity contribution < 1.29 is 19.1 Å². The van der Waals surface area contributed by atoms with Crippen LogP contribution in [0.25, 0.3) is 11.1 Å². The molecular weight excluding hydrogens is 392 g/mol. The molecule has 1 amide bonds. The summed E-state index contributed by atoms with van der Waals surface area (Å²) in [6.45, 7) is 2.40. The van der Waals surface area contributed by atoms with Crippen LogP contribution in [0.3, 0.4) is 0 Å². The van der Waals surface area contributed by atoms with Crippen LogP contribution in [0.1, 0.15) is 31.2 Å². The molecule has 2 fully saturated rings. The van der Waals surface area contributed by atoms with Gasteiger partial charge in [0.15, 0.2) is 0 Å². The number of amides is 1. The van der Waals surface area contributed by atoms with Crippen molar-refractivity contribution in [3.63, 3.8) is 0 Å². The van der Waals surface area contributed by atoms with E-state index in [0.29, 0.717) is 58.4 Å². The van der Waals surface area contributed by atoms with E-state index in [1.165, 1.54) is 7.11 Å². The molecule has 31 heavy (non-hydrogen) atoms.